The Balaban J connectivity index is 1.85. The average molecular weight is 351 g/mol. The van der Waals surface area contributed by atoms with Crippen LogP contribution in [0, 0.1) is 0 Å². The molecule has 0 bridgehead atoms. The van der Waals surface area contributed by atoms with Crippen molar-refractivity contribution in [3.8, 4) is 11.4 Å². The number of halogens is 1. The molecule has 0 aliphatic rings. The summed E-state index contributed by atoms with van der Waals surface area (Å²) >= 11 is 5.84. The molecule has 2 N–H and O–H groups in total. The molecule has 1 heterocycles. The molecule has 2 rings (SSSR count). The van der Waals surface area contributed by atoms with Crippen LogP contribution in [0.1, 0.15) is 26.2 Å². The second kappa shape index (κ2) is 8.44. The van der Waals surface area contributed by atoms with Gasteiger partial charge in [-0.3, -0.25) is 9.59 Å². The third-order valence-electron chi connectivity index (χ3n) is 3.26. The maximum absolute atomic E-state index is 11.9. The van der Waals surface area contributed by atoms with E-state index in [0.29, 0.717) is 29.7 Å². The Morgan fingerprint density at radius 1 is 1.29 bits per heavy atom. The Labute approximate surface area is 144 Å². The Kier molecular flexibility index (Phi) is 6.31. The lowest BCUT2D eigenvalue weighted by molar-refractivity contribution is -0.128. The summed E-state index contributed by atoms with van der Waals surface area (Å²) < 4.78 is 5.14. The molecule has 0 spiro atoms. The van der Waals surface area contributed by atoms with E-state index < -0.39 is 6.04 Å². The van der Waals surface area contributed by atoms with E-state index in [2.05, 4.69) is 20.8 Å². The largest absolute Gasteiger partial charge is 0.355 e. The summed E-state index contributed by atoms with van der Waals surface area (Å²) in [4.78, 5) is 27.7. The summed E-state index contributed by atoms with van der Waals surface area (Å²) in [5, 5.41) is 9.78. The predicted molar refractivity (Wildman–Crippen MR) is 89.4 cm³/mol. The highest BCUT2D eigenvalue weighted by atomic mass is 35.5. The molecule has 0 aliphatic carbocycles. The minimum absolute atomic E-state index is 0.159. The number of rotatable bonds is 7. The fourth-order valence-electron chi connectivity index (χ4n) is 2.00. The van der Waals surface area contributed by atoms with Gasteiger partial charge in [0.05, 0.1) is 0 Å². The molecule has 0 unspecified atom stereocenters. The number of hydrogen-bond donors (Lipinski definition) is 2. The molecule has 7 nitrogen and oxygen atoms in total. The van der Waals surface area contributed by atoms with Crippen LogP contribution in [-0.4, -0.2) is 34.5 Å². The van der Waals surface area contributed by atoms with Gasteiger partial charge in [-0.25, -0.2) is 0 Å². The van der Waals surface area contributed by atoms with E-state index in [9.17, 15) is 9.59 Å². The first kappa shape index (κ1) is 17.9. The number of hydrogen-bond acceptors (Lipinski definition) is 5. The quantitative estimate of drug-likeness (QED) is 0.795. The van der Waals surface area contributed by atoms with Crippen molar-refractivity contribution in [3.05, 3.63) is 35.2 Å². The Hall–Kier alpha value is -2.41. The van der Waals surface area contributed by atoms with Crippen molar-refractivity contribution in [2.75, 3.05) is 6.54 Å². The lowest BCUT2D eigenvalue weighted by atomic mass is 10.2. The third-order valence-corrected chi connectivity index (χ3v) is 3.51. The zero-order valence-electron chi connectivity index (χ0n) is 13.5. The second-order valence-electron chi connectivity index (χ2n) is 5.20. The zero-order valence-corrected chi connectivity index (χ0v) is 14.3. The SMILES string of the molecule is CCNC(=O)[C@@H](C)NC(=O)CCc1nc(-c2ccc(Cl)cc2)no1. The first-order valence-electron chi connectivity index (χ1n) is 7.65. The Morgan fingerprint density at radius 2 is 2.00 bits per heavy atom. The van der Waals surface area contributed by atoms with E-state index in [0.717, 1.165) is 5.56 Å². The summed E-state index contributed by atoms with van der Waals surface area (Å²) in [6.07, 6.45) is 0.459. The number of carbonyl (C=O) groups excluding carboxylic acids is 2. The van der Waals surface area contributed by atoms with Gasteiger partial charge in [-0.2, -0.15) is 4.98 Å². The van der Waals surface area contributed by atoms with E-state index >= 15 is 0 Å². The molecule has 0 saturated heterocycles. The van der Waals surface area contributed by atoms with Crippen LogP contribution >= 0.6 is 11.6 Å². The predicted octanol–water partition coefficient (Wildman–Crippen LogP) is 1.96. The van der Waals surface area contributed by atoms with Crippen LogP contribution in [0.3, 0.4) is 0 Å². The number of benzene rings is 1. The van der Waals surface area contributed by atoms with Crippen LogP contribution in [0.2, 0.25) is 5.02 Å². The average Bonchev–Trinajstić information content (AvgIpc) is 3.03. The Morgan fingerprint density at radius 3 is 2.67 bits per heavy atom. The molecule has 24 heavy (non-hydrogen) atoms. The maximum Gasteiger partial charge on any atom is 0.242 e. The summed E-state index contributed by atoms with van der Waals surface area (Å²) in [5.74, 6) is 0.340. The van der Waals surface area contributed by atoms with Gasteiger partial charge in [-0.1, -0.05) is 16.8 Å². The summed E-state index contributed by atoms with van der Waals surface area (Å²) in [6.45, 7) is 3.98. The number of aromatic nitrogens is 2. The molecule has 2 amide bonds. The van der Waals surface area contributed by atoms with Gasteiger partial charge in [0.15, 0.2) is 0 Å². The standard InChI is InChI=1S/C16H19ClN4O3/c1-3-18-16(23)10(2)19-13(22)8-9-14-20-15(21-24-14)11-4-6-12(17)7-5-11/h4-7,10H,3,8-9H2,1-2H3,(H,18,23)(H,19,22)/t10-/m1/s1. The van der Waals surface area contributed by atoms with Crippen molar-refractivity contribution in [2.45, 2.75) is 32.7 Å². The topological polar surface area (TPSA) is 97.1 Å². The van der Waals surface area contributed by atoms with Gasteiger partial charge in [0, 0.05) is 30.0 Å². The van der Waals surface area contributed by atoms with Crippen LogP contribution in [0.25, 0.3) is 11.4 Å². The van der Waals surface area contributed by atoms with Crippen LogP contribution in [-0.2, 0) is 16.0 Å². The lowest BCUT2D eigenvalue weighted by Crippen LogP contribution is -2.44. The molecule has 0 saturated carbocycles. The first-order valence-corrected chi connectivity index (χ1v) is 8.03. The fourth-order valence-corrected chi connectivity index (χ4v) is 2.13. The number of likely N-dealkylation sites (N-methyl/N-ethyl adjacent to an activating group) is 1. The van der Waals surface area contributed by atoms with E-state index in [1.807, 2.05) is 6.92 Å². The second-order valence-corrected chi connectivity index (χ2v) is 5.64. The summed E-state index contributed by atoms with van der Waals surface area (Å²) in [5.41, 5.74) is 0.781. The van der Waals surface area contributed by atoms with Crippen LogP contribution in [0.15, 0.2) is 28.8 Å². The number of nitrogens with zero attached hydrogens (tertiary/aromatic N) is 2. The van der Waals surface area contributed by atoms with E-state index in [1.165, 1.54) is 0 Å². The van der Waals surface area contributed by atoms with Gasteiger partial charge >= 0.3 is 0 Å². The number of amides is 2. The van der Waals surface area contributed by atoms with Crippen molar-refractivity contribution < 1.29 is 14.1 Å². The van der Waals surface area contributed by atoms with Crippen molar-refractivity contribution in [2.24, 2.45) is 0 Å². The molecule has 128 valence electrons. The monoisotopic (exact) mass is 350 g/mol. The number of carbonyl (C=O) groups is 2. The summed E-state index contributed by atoms with van der Waals surface area (Å²) in [6, 6.07) is 6.48. The fraction of sp³-hybridized carbons (Fsp3) is 0.375. The van der Waals surface area contributed by atoms with Crippen molar-refractivity contribution in [1.29, 1.82) is 0 Å². The highest BCUT2D eigenvalue weighted by Crippen LogP contribution is 2.18. The van der Waals surface area contributed by atoms with Crippen LogP contribution < -0.4 is 10.6 Å². The normalized spacial score (nSPS) is 11.8. The lowest BCUT2D eigenvalue weighted by Gasteiger charge is -2.12. The highest BCUT2D eigenvalue weighted by Gasteiger charge is 2.16. The number of nitrogens with one attached hydrogen (secondary N) is 2. The molecule has 0 aliphatic heterocycles. The first-order chi connectivity index (χ1) is 11.5. The van der Waals surface area contributed by atoms with Gasteiger partial charge in [0.2, 0.25) is 23.5 Å². The van der Waals surface area contributed by atoms with Gasteiger partial charge in [-0.05, 0) is 38.1 Å². The zero-order chi connectivity index (χ0) is 17.5. The van der Waals surface area contributed by atoms with Crippen LogP contribution in [0.4, 0.5) is 0 Å². The molecule has 1 atom stereocenters. The molecule has 8 heteroatoms. The van der Waals surface area contributed by atoms with Gasteiger partial charge in [-0.15, -0.1) is 0 Å². The molecule has 2 aromatic rings. The molecular formula is C16H19ClN4O3. The smallest absolute Gasteiger partial charge is 0.242 e. The van der Waals surface area contributed by atoms with E-state index in [-0.39, 0.29) is 18.2 Å². The van der Waals surface area contributed by atoms with Crippen molar-refractivity contribution in [3.63, 3.8) is 0 Å². The molecule has 0 radical (unpaired) electrons. The highest BCUT2D eigenvalue weighted by molar-refractivity contribution is 6.30. The van der Waals surface area contributed by atoms with Gasteiger partial charge < -0.3 is 15.2 Å². The number of aryl methyl sites for hydroxylation is 1. The summed E-state index contributed by atoms with van der Waals surface area (Å²) in [7, 11) is 0. The minimum Gasteiger partial charge on any atom is -0.355 e. The molecule has 0 fully saturated rings. The Bertz CT molecular complexity index is 700. The third kappa shape index (κ3) is 5.06. The van der Waals surface area contributed by atoms with Crippen LogP contribution in [0.5, 0.6) is 0 Å². The molecular weight excluding hydrogens is 332 g/mol. The van der Waals surface area contributed by atoms with Crippen molar-refractivity contribution >= 4 is 23.4 Å². The minimum atomic E-state index is -0.579. The molecule has 1 aromatic carbocycles. The van der Waals surface area contributed by atoms with E-state index in [1.54, 1.807) is 31.2 Å². The van der Waals surface area contributed by atoms with Crippen molar-refractivity contribution in [1.82, 2.24) is 20.8 Å². The van der Waals surface area contributed by atoms with Gasteiger partial charge in [0.25, 0.3) is 0 Å². The molecule has 1 aromatic heterocycles. The maximum atomic E-state index is 11.9. The van der Waals surface area contributed by atoms with Gasteiger partial charge in [0.1, 0.15) is 6.04 Å². The van der Waals surface area contributed by atoms with E-state index in [4.69, 9.17) is 16.1 Å².